The molecule has 0 unspecified atom stereocenters. The average molecular weight is 286 g/mol. The molecule has 1 aliphatic carbocycles. The summed E-state index contributed by atoms with van der Waals surface area (Å²) in [6.07, 6.45) is 7.36. The van der Waals surface area contributed by atoms with Gasteiger partial charge in [0.05, 0.1) is 6.20 Å². The van der Waals surface area contributed by atoms with Crippen molar-refractivity contribution in [1.29, 1.82) is 0 Å². The first-order valence-electron chi connectivity index (χ1n) is 6.94. The van der Waals surface area contributed by atoms with Gasteiger partial charge in [-0.2, -0.15) is 0 Å². The number of ether oxygens (including phenoxy) is 1. The topological polar surface area (TPSA) is 34.1 Å². The van der Waals surface area contributed by atoms with Gasteiger partial charge in [0.2, 0.25) is 0 Å². The molecule has 1 aromatic carbocycles. The van der Waals surface area contributed by atoms with Crippen molar-refractivity contribution in [3.05, 3.63) is 48.3 Å². The molecule has 0 amide bonds. The summed E-state index contributed by atoms with van der Waals surface area (Å²) in [4.78, 5) is 5.04. The second-order valence-corrected chi connectivity index (χ2v) is 5.57. The molecule has 0 atom stereocenters. The first-order chi connectivity index (χ1) is 9.81. The van der Waals surface area contributed by atoms with Crippen molar-refractivity contribution < 1.29 is 4.74 Å². The number of nitrogens with one attached hydrogen (secondary N) is 1. The quantitative estimate of drug-likeness (QED) is 0.820. The summed E-state index contributed by atoms with van der Waals surface area (Å²) in [6, 6.07) is 10.4. The molecule has 3 nitrogen and oxygen atoms in total. The minimum absolute atomic E-state index is 0.672. The van der Waals surface area contributed by atoms with Crippen molar-refractivity contribution in [1.82, 2.24) is 10.3 Å². The standard InChI is InChI=1S/C16H18N2OS/c20-16-7-6-14(19-15-5-2-8-17-11-15)9-12(16)10-18-13-3-1-4-13/h2,5-9,11,13,18,20H,1,3-4,10H2. The van der Waals surface area contributed by atoms with Crippen LogP contribution in [0.15, 0.2) is 47.6 Å². The molecule has 4 heteroatoms. The zero-order chi connectivity index (χ0) is 13.8. The van der Waals surface area contributed by atoms with Gasteiger partial charge >= 0.3 is 0 Å². The van der Waals surface area contributed by atoms with Crippen molar-refractivity contribution in [3.63, 3.8) is 0 Å². The van der Waals surface area contributed by atoms with Crippen molar-refractivity contribution in [2.45, 2.75) is 36.7 Å². The normalized spacial score (nSPS) is 14.8. The minimum Gasteiger partial charge on any atom is -0.456 e. The predicted molar refractivity (Wildman–Crippen MR) is 82.5 cm³/mol. The molecular formula is C16H18N2OS. The van der Waals surface area contributed by atoms with Gasteiger partial charge in [0, 0.05) is 23.7 Å². The van der Waals surface area contributed by atoms with Gasteiger partial charge in [0.15, 0.2) is 0 Å². The third kappa shape index (κ3) is 3.32. The predicted octanol–water partition coefficient (Wildman–Crippen LogP) is 3.80. The van der Waals surface area contributed by atoms with E-state index in [4.69, 9.17) is 4.74 Å². The Bertz CT molecular complexity index is 570. The Labute approximate surface area is 124 Å². The van der Waals surface area contributed by atoms with E-state index in [9.17, 15) is 0 Å². The van der Waals surface area contributed by atoms with E-state index in [-0.39, 0.29) is 0 Å². The van der Waals surface area contributed by atoms with Crippen LogP contribution in [0.5, 0.6) is 11.5 Å². The second-order valence-electron chi connectivity index (χ2n) is 5.09. The average Bonchev–Trinajstić information content (AvgIpc) is 2.42. The van der Waals surface area contributed by atoms with Gasteiger partial charge in [-0.3, -0.25) is 4.98 Å². The van der Waals surface area contributed by atoms with Crippen LogP contribution in [0.25, 0.3) is 0 Å². The van der Waals surface area contributed by atoms with Crippen LogP contribution in [0.1, 0.15) is 24.8 Å². The summed E-state index contributed by atoms with van der Waals surface area (Å²) in [6.45, 7) is 0.841. The molecule has 0 radical (unpaired) electrons. The summed E-state index contributed by atoms with van der Waals surface area (Å²) < 4.78 is 5.80. The molecule has 1 saturated carbocycles. The molecule has 0 saturated heterocycles. The van der Waals surface area contributed by atoms with Crippen LogP contribution in [-0.2, 0) is 6.54 Å². The maximum atomic E-state index is 5.80. The van der Waals surface area contributed by atoms with E-state index in [0.29, 0.717) is 6.04 Å². The van der Waals surface area contributed by atoms with Crippen molar-refractivity contribution in [2.24, 2.45) is 0 Å². The monoisotopic (exact) mass is 286 g/mol. The number of thiol groups is 1. The van der Waals surface area contributed by atoms with Gasteiger partial charge in [-0.05, 0) is 48.7 Å². The van der Waals surface area contributed by atoms with E-state index in [1.807, 2.05) is 30.3 Å². The van der Waals surface area contributed by atoms with Crippen LogP contribution in [-0.4, -0.2) is 11.0 Å². The zero-order valence-electron chi connectivity index (χ0n) is 11.2. The van der Waals surface area contributed by atoms with Crippen molar-refractivity contribution >= 4 is 12.6 Å². The summed E-state index contributed by atoms with van der Waals surface area (Å²) >= 11 is 4.51. The number of aromatic nitrogens is 1. The summed E-state index contributed by atoms with van der Waals surface area (Å²) in [5.74, 6) is 1.57. The van der Waals surface area contributed by atoms with Crippen LogP contribution in [0.3, 0.4) is 0 Å². The molecule has 2 aromatic rings. The van der Waals surface area contributed by atoms with Crippen LogP contribution in [0.4, 0.5) is 0 Å². The minimum atomic E-state index is 0.672. The smallest absolute Gasteiger partial charge is 0.145 e. The van der Waals surface area contributed by atoms with Crippen molar-refractivity contribution in [3.8, 4) is 11.5 Å². The number of pyridine rings is 1. The first-order valence-corrected chi connectivity index (χ1v) is 7.39. The van der Waals surface area contributed by atoms with Crippen molar-refractivity contribution in [2.75, 3.05) is 0 Å². The molecule has 104 valence electrons. The highest BCUT2D eigenvalue weighted by Crippen LogP contribution is 2.26. The lowest BCUT2D eigenvalue weighted by atomic mass is 9.93. The number of rotatable bonds is 5. The summed E-state index contributed by atoms with van der Waals surface area (Å²) in [5.41, 5.74) is 1.17. The lowest BCUT2D eigenvalue weighted by Crippen LogP contribution is -2.34. The van der Waals surface area contributed by atoms with Crippen LogP contribution in [0, 0.1) is 0 Å². The maximum absolute atomic E-state index is 5.80. The highest BCUT2D eigenvalue weighted by Gasteiger charge is 2.16. The fraction of sp³-hybridized carbons (Fsp3) is 0.312. The lowest BCUT2D eigenvalue weighted by molar-refractivity contribution is 0.337. The maximum Gasteiger partial charge on any atom is 0.145 e. The number of benzene rings is 1. The fourth-order valence-electron chi connectivity index (χ4n) is 2.18. The largest absolute Gasteiger partial charge is 0.456 e. The number of hydrogen-bond donors (Lipinski definition) is 2. The highest BCUT2D eigenvalue weighted by atomic mass is 32.1. The Balaban J connectivity index is 1.68. The number of hydrogen-bond acceptors (Lipinski definition) is 4. The van der Waals surface area contributed by atoms with Gasteiger partial charge in [-0.15, -0.1) is 12.6 Å². The Morgan fingerprint density at radius 1 is 1.25 bits per heavy atom. The molecule has 0 bridgehead atoms. The first kappa shape index (κ1) is 13.5. The molecule has 0 spiro atoms. The SMILES string of the molecule is Sc1ccc(Oc2cccnc2)cc1CNC1CCC1. The highest BCUT2D eigenvalue weighted by molar-refractivity contribution is 7.80. The molecule has 1 heterocycles. The summed E-state index contributed by atoms with van der Waals surface area (Å²) in [7, 11) is 0. The Morgan fingerprint density at radius 2 is 2.15 bits per heavy atom. The van der Waals surface area contributed by atoms with Gasteiger partial charge in [0.25, 0.3) is 0 Å². The third-order valence-electron chi connectivity index (χ3n) is 3.61. The molecule has 0 aliphatic heterocycles. The third-order valence-corrected chi connectivity index (χ3v) is 4.04. The van der Waals surface area contributed by atoms with Crippen LogP contribution in [0.2, 0.25) is 0 Å². The van der Waals surface area contributed by atoms with Gasteiger partial charge in [-0.25, -0.2) is 0 Å². The molecule has 1 aromatic heterocycles. The zero-order valence-corrected chi connectivity index (χ0v) is 12.1. The lowest BCUT2D eigenvalue weighted by Gasteiger charge is -2.26. The van der Waals surface area contributed by atoms with E-state index in [1.165, 1.54) is 24.8 Å². The molecule has 20 heavy (non-hydrogen) atoms. The Hall–Kier alpha value is -1.52. The van der Waals surface area contributed by atoms with E-state index in [2.05, 4.69) is 22.9 Å². The number of nitrogens with zero attached hydrogens (tertiary/aromatic N) is 1. The Morgan fingerprint density at radius 3 is 2.85 bits per heavy atom. The molecular weight excluding hydrogens is 268 g/mol. The van der Waals surface area contributed by atoms with Gasteiger partial charge in [-0.1, -0.05) is 6.42 Å². The fourth-order valence-corrected chi connectivity index (χ4v) is 2.40. The summed E-state index contributed by atoms with van der Waals surface area (Å²) in [5, 5.41) is 3.55. The van der Waals surface area contributed by atoms with E-state index in [0.717, 1.165) is 22.9 Å². The van der Waals surface area contributed by atoms with E-state index >= 15 is 0 Å². The van der Waals surface area contributed by atoms with Crippen LogP contribution < -0.4 is 10.1 Å². The molecule has 1 N–H and O–H groups in total. The van der Waals surface area contributed by atoms with E-state index < -0.39 is 0 Å². The second kappa shape index (κ2) is 6.29. The van der Waals surface area contributed by atoms with E-state index in [1.54, 1.807) is 12.4 Å². The van der Waals surface area contributed by atoms with Crippen LogP contribution >= 0.6 is 12.6 Å². The van der Waals surface area contributed by atoms with Gasteiger partial charge in [0.1, 0.15) is 11.5 Å². The molecule has 1 aliphatic rings. The van der Waals surface area contributed by atoms with Gasteiger partial charge < -0.3 is 10.1 Å². The molecule has 3 rings (SSSR count). The molecule has 1 fully saturated rings. The Kier molecular flexibility index (Phi) is 4.23.